The molecule has 2 fully saturated rings. The van der Waals surface area contributed by atoms with Gasteiger partial charge in [-0.25, -0.2) is 13.1 Å². The van der Waals surface area contributed by atoms with Crippen LogP contribution in [0.5, 0.6) is 0 Å². The van der Waals surface area contributed by atoms with Gasteiger partial charge in [0.05, 0.1) is 4.90 Å². The number of amides is 1. The number of hydrogen-bond donors (Lipinski definition) is 1. The maximum atomic E-state index is 13.4. The summed E-state index contributed by atoms with van der Waals surface area (Å²) in [6.45, 7) is 2.22. The summed E-state index contributed by atoms with van der Waals surface area (Å²) in [4.78, 5) is 17.9. The minimum absolute atomic E-state index is 0.123. The number of ether oxygens (including phenoxy) is 1. The Labute approximate surface area is 174 Å². The predicted molar refractivity (Wildman–Crippen MR) is 112 cm³/mol. The number of sulfonamides is 1. The van der Waals surface area contributed by atoms with Crippen molar-refractivity contribution in [3.05, 3.63) is 29.8 Å². The largest absolute Gasteiger partial charge is 0.367 e. The van der Waals surface area contributed by atoms with E-state index in [0.29, 0.717) is 11.6 Å². The third-order valence-corrected chi connectivity index (χ3v) is 7.76. The zero-order valence-electron chi connectivity index (χ0n) is 17.6. The highest BCUT2D eigenvalue weighted by Crippen LogP contribution is 2.31. The van der Waals surface area contributed by atoms with Gasteiger partial charge in [-0.1, -0.05) is 25.0 Å². The standard InChI is InChI=1S/C21H33N3O4S/c1-22-29(26,27)17-10-8-9-16(15-17)20(28-3)21(25)23(2)18-11-4-5-12-19(18)24-13-6-7-14-24/h8-10,15,18-20,22H,4-7,11-14H2,1-3H3/t18-,19-,20?/m1/s1. The molecule has 0 spiro atoms. The fraction of sp³-hybridized carbons (Fsp3) is 0.667. The first kappa shape index (κ1) is 22.2. The Morgan fingerprint density at radius 3 is 2.55 bits per heavy atom. The fourth-order valence-corrected chi connectivity index (χ4v) is 5.52. The van der Waals surface area contributed by atoms with Crippen LogP contribution in [0.1, 0.15) is 50.2 Å². The van der Waals surface area contributed by atoms with Crippen LogP contribution in [-0.4, -0.2) is 70.5 Å². The van der Waals surface area contributed by atoms with Gasteiger partial charge in [0, 0.05) is 26.2 Å². The Kier molecular flexibility index (Phi) is 7.32. The Morgan fingerprint density at radius 1 is 1.21 bits per heavy atom. The minimum Gasteiger partial charge on any atom is -0.367 e. The zero-order chi connectivity index (χ0) is 21.0. The summed E-state index contributed by atoms with van der Waals surface area (Å²) in [5.41, 5.74) is 0.550. The van der Waals surface area contributed by atoms with Crippen LogP contribution in [0.3, 0.4) is 0 Å². The number of nitrogens with one attached hydrogen (secondary N) is 1. The molecule has 0 radical (unpaired) electrons. The Morgan fingerprint density at radius 2 is 1.90 bits per heavy atom. The van der Waals surface area contributed by atoms with Crippen molar-refractivity contribution in [3.63, 3.8) is 0 Å². The molecule has 0 aromatic heterocycles. The van der Waals surface area contributed by atoms with E-state index in [9.17, 15) is 13.2 Å². The van der Waals surface area contributed by atoms with Gasteiger partial charge in [0.2, 0.25) is 10.0 Å². The van der Waals surface area contributed by atoms with E-state index in [4.69, 9.17) is 4.74 Å². The maximum absolute atomic E-state index is 13.4. The van der Waals surface area contributed by atoms with Gasteiger partial charge in [-0.05, 0) is 63.5 Å². The van der Waals surface area contributed by atoms with Crippen LogP contribution in [0.25, 0.3) is 0 Å². The van der Waals surface area contributed by atoms with Crippen LogP contribution < -0.4 is 4.72 Å². The average molecular weight is 424 g/mol. The second kappa shape index (κ2) is 9.55. The topological polar surface area (TPSA) is 78.9 Å². The number of methoxy groups -OCH3 is 1. The lowest BCUT2D eigenvalue weighted by atomic mass is 9.88. The number of carbonyl (C=O) groups excluding carboxylic acids is 1. The van der Waals surface area contributed by atoms with Crippen molar-refractivity contribution in [2.45, 2.75) is 61.6 Å². The van der Waals surface area contributed by atoms with Gasteiger partial charge < -0.3 is 9.64 Å². The summed E-state index contributed by atoms with van der Waals surface area (Å²) in [7, 11) is 1.14. The highest BCUT2D eigenvalue weighted by molar-refractivity contribution is 7.89. The molecular weight excluding hydrogens is 390 g/mol. The molecule has 2 aliphatic rings. The lowest BCUT2D eigenvalue weighted by Gasteiger charge is -2.43. The third kappa shape index (κ3) is 4.82. The summed E-state index contributed by atoms with van der Waals surface area (Å²) in [6.07, 6.45) is 6.08. The molecule has 1 heterocycles. The second-order valence-corrected chi connectivity index (χ2v) is 9.89. The van der Waals surface area contributed by atoms with Gasteiger partial charge >= 0.3 is 0 Å². The molecule has 162 valence electrons. The van der Waals surface area contributed by atoms with E-state index < -0.39 is 16.1 Å². The van der Waals surface area contributed by atoms with Crippen LogP contribution >= 0.6 is 0 Å². The predicted octanol–water partition coefficient (Wildman–Crippen LogP) is 2.15. The van der Waals surface area contributed by atoms with E-state index in [0.717, 1.165) is 32.4 Å². The van der Waals surface area contributed by atoms with E-state index in [1.807, 2.05) is 11.9 Å². The van der Waals surface area contributed by atoms with E-state index in [1.54, 1.807) is 12.1 Å². The van der Waals surface area contributed by atoms with Crippen LogP contribution in [0.15, 0.2) is 29.2 Å². The van der Waals surface area contributed by atoms with Crippen molar-refractivity contribution in [1.29, 1.82) is 0 Å². The average Bonchev–Trinajstić information content (AvgIpc) is 3.28. The number of benzene rings is 1. The van der Waals surface area contributed by atoms with Gasteiger partial charge in [-0.15, -0.1) is 0 Å². The lowest BCUT2D eigenvalue weighted by molar-refractivity contribution is -0.145. The van der Waals surface area contributed by atoms with Crippen LogP contribution in [-0.2, 0) is 19.6 Å². The molecule has 0 bridgehead atoms. The van der Waals surface area contributed by atoms with Gasteiger partial charge in [0.1, 0.15) is 0 Å². The molecule has 3 atom stereocenters. The SMILES string of the molecule is CNS(=O)(=O)c1cccc(C(OC)C(=O)N(C)[C@@H]2CCCC[C@H]2N2CCCC2)c1. The smallest absolute Gasteiger partial charge is 0.256 e. The summed E-state index contributed by atoms with van der Waals surface area (Å²) in [5, 5.41) is 0. The number of nitrogens with zero attached hydrogens (tertiary/aromatic N) is 2. The van der Waals surface area contributed by atoms with Crippen molar-refractivity contribution in [2.24, 2.45) is 0 Å². The number of likely N-dealkylation sites (tertiary alicyclic amines) is 1. The molecule has 1 unspecified atom stereocenters. The highest BCUT2D eigenvalue weighted by atomic mass is 32.2. The van der Waals surface area contributed by atoms with Gasteiger partial charge in [0.15, 0.2) is 6.10 Å². The molecule has 7 nitrogen and oxygen atoms in total. The Balaban J connectivity index is 1.82. The molecule has 1 aliphatic carbocycles. The molecule has 29 heavy (non-hydrogen) atoms. The molecule has 3 rings (SSSR count). The van der Waals surface area contributed by atoms with E-state index in [1.165, 1.54) is 45.6 Å². The first-order valence-electron chi connectivity index (χ1n) is 10.5. The van der Waals surface area contributed by atoms with Crippen molar-refractivity contribution in [2.75, 3.05) is 34.3 Å². The van der Waals surface area contributed by atoms with Crippen LogP contribution in [0.2, 0.25) is 0 Å². The van der Waals surface area contributed by atoms with E-state index in [2.05, 4.69) is 9.62 Å². The molecule has 1 aromatic rings. The summed E-state index contributed by atoms with van der Waals surface area (Å²) in [5.74, 6) is -0.123. The molecule has 1 amide bonds. The van der Waals surface area contributed by atoms with Crippen molar-refractivity contribution in [1.82, 2.24) is 14.5 Å². The number of hydrogen-bond acceptors (Lipinski definition) is 5. The van der Waals surface area contributed by atoms with Crippen molar-refractivity contribution in [3.8, 4) is 0 Å². The molecule has 8 heteroatoms. The van der Waals surface area contributed by atoms with Gasteiger partial charge in [0.25, 0.3) is 5.91 Å². The van der Waals surface area contributed by atoms with Crippen molar-refractivity contribution >= 4 is 15.9 Å². The first-order valence-corrected chi connectivity index (χ1v) is 11.9. The molecule has 1 saturated carbocycles. The number of rotatable bonds is 7. The fourth-order valence-electron chi connectivity index (χ4n) is 4.73. The Hall–Kier alpha value is -1.48. The van der Waals surface area contributed by atoms with E-state index in [-0.39, 0.29) is 16.8 Å². The first-order chi connectivity index (χ1) is 13.9. The third-order valence-electron chi connectivity index (χ3n) is 6.35. The Bertz CT molecular complexity index is 808. The van der Waals surface area contributed by atoms with Gasteiger partial charge in [-0.2, -0.15) is 0 Å². The summed E-state index contributed by atoms with van der Waals surface area (Å²) in [6, 6.07) is 6.98. The van der Waals surface area contributed by atoms with Crippen molar-refractivity contribution < 1.29 is 17.9 Å². The zero-order valence-corrected chi connectivity index (χ0v) is 18.5. The van der Waals surface area contributed by atoms with Crippen LogP contribution in [0.4, 0.5) is 0 Å². The van der Waals surface area contributed by atoms with E-state index >= 15 is 0 Å². The molecule has 1 aromatic carbocycles. The maximum Gasteiger partial charge on any atom is 0.256 e. The second-order valence-electron chi connectivity index (χ2n) is 8.01. The lowest BCUT2D eigenvalue weighted by Crippen LogP contribution is -2.54. The quantitative estimate of drug-likeness (QED) is 0.727. The molecule has 1 saturated heterocycles. The molecule has 1 N–H and O–H groups in total. The van der Waals surface area contributed by atoms with Gasteiger partial charge in [-0.3, -0.25) is 9.69 Å². The highest BCUT2D eigenvalue weighted by Gasteiger charge is 2.37. The monoisotopic (exact) mass is 423 g/mol. The number of likely N-dealkylation sites (N-methyl/N-ethyl adjacent to an activating group) is 1. The number of carbonyl (C=O) groups is 1. The van der Waals surface area contributed by atoms with Crippen LogP contribution in [0, 0.1) is 0 Å². The molecular formula is C21H33N3O4S. The summed E-state index contributed by atoms with van der Waals surface area (Å²) >= 11 is 0. The summed E-state index contributed by atoms with van der Waals surface area (Å²) < 4.78 is 32.2. The normalized spacial score (nSPS) is 24.4. The molecule has 1 aliphatic heterocycles. The minimum atomic E-state index is -3.59.